The number of esters is 2. The lowest BCUT2D eigenvalue weighted by Gasteiger charge is -2.55. The van der Waals surface area contributed by atoms with Gasteiger partial charge in [0.05, 0.1) is 24.9 Å². The number of fused-ring (bicyclic) bond motifs is 1. The van der Waals surface area contributed by atoms with Crippen LogP contribution in [0.15, 0.2) is 0 Å². The van der Waals surface area contributed by atoms with Gasteiger partial charge in [-0.15, -0.1) is 0 Å². The highest BCUT2D eigenvalue weighted by Gasteiger charge is 2.67. The number of hydrogen-bond donors (Lipinski definition) is 0. The lowest BCUT2D eigenvalue weighted by Crippen LogP contribution is -2.61. The van der Waals surface area contributed by atoms with Gasteiger partial charge in [0.15, 0.2) is 11.2 Å². The van der Waals surface area contributed by atoms with Crippen LogP contribution in [0.4, 0.5) is 0 Å². The molecule has 1 unspecified atom stereocenters. The maximum atomic E-state index is 13.0. The zero-order chi connectivity index (χ0) is 21.4. The van der Waals surface area contributed by atoms with Crippen molar-refractivity contribution in [1.82, 2.24) is 0 Å². The first-order chi connectivity index (χ1) is 13.6. The third-order valence-electron chi connectivity index (χ3n) is 6.83. The molecule has 1 aliphatic heterocycles. The molecule has 3 aliphatic rings. The normalized spacial score (nSPS) is 39.1. The average Bonchev–Trinajstić information content (AvgIpc) is 2.95. The molecule has 0 radical (unpaired) electrons. The van der Waals surface area contributed by atoms with Crippen molar-refractivity contribution in [3.63, 3.8) is 0 Å². The first kappa shape index (κ1) is 20.1. The first-order valence-corrected chi connectivity index (χ1v) is 10.7. The molecule has 160 valence electrons. The van der Waals surface area contributed by atoms with Crippen LogP contribution in [-0.4, -0.2) is 42.6 Å². The molecule has 6 nitrogen and oxygen atoms in total. The van der Waals surface area contributed by atoms with Crippen molar-refractivity contribution in [3.05, 3.63) is 0 Å². The number of carbonyl (C=O) groups excluding carboxylic acids is 2. The van der Waals surface area contributed by atoms with Crippen LogP contribution in [0.3, 0.4) is 0 Å². The zero-order valence-electron chi connectivity index (χ0n) is 18.9. The molecule has 0 bridgehead atoms. The summed E-state index contributed by atoms with van der Waals surface area (Å²) < 4.78 is 31.9. The minimum Gasteiger partial charge on any atom is -0.465 e. The highest BCUT2D eigenvalue weighted by molar-refractivity contribution is 6.00. The predicted octanol–water partition coefficient (Wildman–Crippen LogP) is 3.86. The molecule has 0 N–H and O–H groups in total. The second kappa shape index (κ2) is 7.60. The van der Waals surface area contributed by atoms with E-state index in [1.165, 1.54) is 0 Å². The molecular formula is C22H36O6. The Kier molecular flexibility index (Phi) is 5.47. The van der Waals surface area contributed by atoms with Gasteiger partial charge < -0.3 is 18.9 Å². The summed E-state index contributed by atoms with van der Waals surface area (Å²) in [7, 11) is 0. The van der Waals surface area contributed by atoms with Gasteiger partial charge in [-0.2, -0.15) is 0 Å². The Hall–Kier alpha value is -1.14. The summed E-state index contributed by atoms with van der Waals surface area (Å²) in [5.41, 5.74) is -1.95. The van der Waals surface area contributed by atoms with Crippen LogP contribution in [0.25, 0.3) is 0 Å². The highest BCUT2D eigenvalue weighted by Crippen LogP contribution is 2.58. The van der Waals surface area contributed by atoms with Crippen LogP contribution < -0.4 is 0 Å². The standard InChI is InChI=1S/C22H36O6/c1-7-25-18(23)21(19(24)26-8-2)12-15(4)22(13-21)27-17-11-14(3)9-10-16(17)20(5,6)28-22/h14-17H,7-13H2,1-6H3/t14-,15?,16-,17-,22-/m1/s1/i4D. The maximum Gasteiger partial charge on any atom is 0.323 e. The van der Waals surface area contributed by atoms with Crippen molar-refractivity contribution in [3.8, 4) is 0 Å². The number of hydrogen-bond acceptors (Lipinski definition) is 6. The van der Waals surface area contributed by atoms with E-state index in [4.69, 9.17) is 20.3 Å². The van der Waals surface area contributed by atoms with Gasteiger partial charge in [0, 0.05) is 19.6 Å². The number of carbonyl (C=O) groups is 2. The monoisotopic (exact) mass is 397 g/mol. The smallest absolute Gasteiger partial charge is 0.323 e. The largest absolute Gasteiger partial charge is 0.465 e. The molecular weight excluding hydrogens is 360 g/mol. The third-order valence-corrected chi connectivity index (χ3v) is 6.83. The highest BCUT2D eigenvalue weighted by atomic mass is 16.7. The van der Waals surface area contributed by atoms with Crippen LogP contribution in [0.1, 0.15) is 75.0 Å². The molecule has 0 aromatic rings. The van der Waals surface area contributed by atoms with E-state index in [9.17, 15) is 9.59 Å². The Bertz CT molecular complexity index is 617. The minimum atomic E-state index is -1.49. The first-order valence-electron chi connectivity index (χ1n) is 11.4. The van der Waals surface area contributed by atoms with E-state index in [-0.39, 0.29) is 45.0 Å². The molecule has 6 heteroatoms. The van der Waals surface area contributed by atoms with Crippen LogP contribution in [0.5, 0.6) is 0 Å². The van der Waals surface area contributed by atoms with Gasteiger partial charge in [0.2, 0.25) is 0 Å². The summed E-state index contributed by atoms with van der Waals surface area (Å²) in [6, 6.07) is 0. The van der Waals surface area contributed by atoms with E-state index in [2.05, 4.69) is 20.8 Å². The van der Waals surface area contributed by atoms with E-state index in [1.807, 2.05) is 0 Å². The lowest BCUT2D eigenvalue weighted by molar-refractivity contribution is -0.382. The van der Waals surface area contributed by atoms with Crippen LogP contribution in [-0.2, 0) is 28.5 Å². The molecule has 5 atom stereocenters. The van der Waals surface area contributed by atoms with Crippen molar-refractivity contribution in [1.29, 1.82) is 0 Å². The second-order valence-electron chi connectivity index (χ2n) is 9.30. The van der Waals surface area contributed by atoms with E-state index in [1.54, 1.807) is 13.8 Å². The second-order valence-corrected chi connectivity index (χ2v) is 9.30. The van der Waals surface area contributed by atoms with Gasteiger partial charge in [-0.1, -0.05) is 20.2 Å². The molecule has 3 rings (SSSR count). The fraction of sp³-hybridized carbons (Fsp3) is 0.909. The number of ether oxygens (including phenoxy) is 4. The van der Waals surface area contributed by atoms with E-state index < -0.39 is 34.7 Å². The summed E-state index contributed by atoms with van der Waals surface area (Å²) in [5, 5.41) is 0. The van der Waals surface area contributed by atoms with Gasteiger partial charge in [-0.3, -0.25) is 9.59 Å². The molecule has 1 spiro atoms. The lowest BCUT2D eigenvalue weighted by atomic mass is 9.71. The summed E-state index contributed by atoms with van der Waals surface area (Å²) in [6.07, 6.45) is 3.29. The van der Waals surface area contributed by atoms with Gasteiger partial charge >= 0.3 is 11.9 Å². The fourth-order valence-electron chi connectivity index (χ4n) is 5.46. The molecule has 0 aromatic carbocycles. The third kappa shape index (κ3) is 3.47. The molecule has 1 saturated heterocycles. The van der Waals surface area contributed by atoms with E-state index >= 15 is 0 Å². The van der Waals surface area contributed by atoms with Crippen LogP contribution >= 0.6 is 0 Å². The Morgan fingerprint density at radius 1 is 1.14 bits per heavy atom. The predicted molar refractivity (Wildman–Crippen MR) is 103 cm³/mol. The van der Waals surface area contributed by atoms with Crippen LogP contribution in [0, 0.1) is 23.2 Å². The molecule has 2 aliphatic carbocycles. The summed E-state index contributed by atoms with van der Waals surface area (Å²) in [5.74, 6) is -1.94. The quantitative estimate of drug-likeness (QED) is 0.530. The van der Waals surface area contributed by atoms with Crippen LogP contribution in [0.2, 0.25) is 0 Å². The summed E-state index contributed by atoms with van der Waals surface area (Å²) >= 11 is 0. The fourth-order valence-corrected chi connectivity index (χ4v) is 5.46. The topological polar surface area (TPSA) is 71.1 Å². The maximum absolute atomic E-state index is 13.0. The molecule has 3 fully saturated rings. The van der Waals surface area contributed by atoms with Crippen molar-refractivity contribution in [2.75, 3.05) is 13.2 Å². The number of rotatable bonds is 4. The Balaban J connectivity index is 1.99. The summed E-state index contributed by atoms with van der Waals surface area (Å²) in [6.45, 7) is 10.2. The average molecular weight is 398 g/mol. The molecule has 28 heavy (non-hydrogen) atoms. The Morgan fingerprint density at radius 2 is 1.79 bits per heavy atom. The summed E-state index contributed by atoms with van der Waals surface area (Å²) in [4.78, 5) is 25.9. The van der Waals surface area contributed by atoms with Crippen molar-refractivity contribution in [2.45, 2.75) is 91.1 Å². The van der Waals surface area contributed by atoms with Crippen molar-refractivity contribution in [2.24, 2.45) is 23.2 Å². The Labute approximate surface area is 170 Å². The zero-order valence-corrected chi connectivity index (χ0v) is 17.9. The minimum absolute atomic E-state index is 0.00302. The Morgan fingerprint density at radius 3 is 2.36 bits per heavy atom. The van der Waals surface area contributed by atoms with Gasteiger partial charge in [-0.25, -0.2) is 0 Å². The van der Waals surface area contributed by atoms with E-state index in [0.717, 1.165) is 19.3 Å². The van der Waals surface area contributed by atoms with Crippen molar-refractivity contribution < 1.29 is 29.9 Å². The van der Waals surface area contributed by atoms with Crippen molar-refractivity contribution >= 4 is 11.9 Å². The molecule has 0 amide bonds. The van der Waals surface area contributed by atoms with Gasteiger partial charge in [-0.05, 0) is 52.9 Å². The molecule has 2 saturated carbocycles. The van der Waals surface area contributed by atoms with Gasteiger partial charge in [0.25, 0.3) is 0 Å². The van der Waals surface area contributed by atoms with E-state index in [0.29, 0.717) is 5.92 Å². The molecule has 1 heterocycles. The molecule has 0 aromatic heterocycles. The van der Waals surface area contributed by atoms with Gasteiger partial charge in [0.1, 0.15) is 0 Å². The SMILES string of the molecule is [2H]CC1CC(C(=O)OCC)(C(=O)OCC)C[C@]12O[C@@H]1C[C@H](C)CC[C@H]1C(C)(C)O2.